The van der Waals surface area contributed by atoms with Gasteiger partial charge in [-0.2, -0.15) is 0 Å². The number of carbonyl (C=O) groups excluding carboxylic acids is 2. The number of methoxy groups -OCH3 is 2. The van der Waals surface area contributed by atoms with Crippen LogP contribution < -0.4 is 14.2 Å². The molecule has 2 rings (SSSR count). The molecule has 150 valence electrons. The first-order valence-corrected chi connectivity index (χ1v) is 8.83. The zero-order valence-corrected chi connectivity index (χ0v) is 16.6. The van der Waals surface area contributed by atoms with E-state index in [1.807, 2.05) is 31.2 Å². The van der Waals surface area contributed by atoms with Gasteiger partial charge in [0.25, 0.3) is 5.91 Å². The Labute approximate surface area is 164 Å². The summed E-state index contributed by atoms with van der Waals surface area (Å²) in [7, 11) is 4.62. The van der Waals surface area contributed by atoms with Crippen LogP contribution in [-0.4, -0.2) is 51.3 Å². The Hall–Kier alpha value is -3.22. The maximum Gasteiger partial charge on any atom is 0.342 e. The van der Waals surface area contributed by atoms with E-state index in [4.69, 9.17) is 18.9 Å². The van der Waals surface area contributed by atoms with Crippen molar-refractivity contribution in [2.24, 2.45) is 0 Å². The van der Waals surface area contributed by atoms with Gasteiger partial charge in [-0.25, -0.2) is 4.79 Å². The summed E-state index contributed by atoms with van der Waals surface area (Å²) in [4.78, 5) is 26.1. The SMILES string of the molecule is CCOc1ccc(CN(C)C(=O)COC(=O)c2ccc(OC)cc2OC)cc1. The summed E-state index contributed by atoms with van der Waals surface area (Å²) in [6.45, 7) is 2.56. The first kappa shape index (κ1) is 21.1. The zero-order chi connectivity index (χ0) is 20.5. The van der Waals surface area contributed by atoms with Gasteiger partial charge in [0.05, 0.1) is 20.8 Å². The fraction of sp³-hybridized carbons (Fsp3) is 0.333. The number of likely N-dealkylation sites (N-methyl/N-ethyl adjacent to an activating group) is 1. The van der Waals surface area contributed by atoms with Crippen LogP contribution in [0, 0.1) is 0 Å². The largest absolute Gasteiger partial charge is 0.497 e. The third-order valence-electron chi connectivity index (χ3n) is 4.04. The summed E-state index contributed by atoms with van der Waals surface area (Å²) in [5.41, 5.74) is 1.17. The molecule has 0 aromatic heterocycles. The summed E-state index contributed by atoms with van der Waals surface area (Å²) in [5, 5.41) is 0. The summed E-state index contributed by atoms with van der Waals surface area (Å²) in [6, 6.07) is 12.2. The third-order valence-corrected chi connectivity index (χ3v) is 4.04. The lowest BCUT2D eigenvalue weighted by molar-refractivity contribution is -0.133. The molecule has 2 aromatic rings. The van der Waals surface area contributed by atoms with Gasteiger partial charge >= 0.3 is 5.97 Å². The van der Waals surface area contributed by atoms with E-state index in [1.165, 1.54) is 25.2 Å². The molecule has 0 aliphatic heterocycles. The molecule has 0 aliphatic rings. The average molecular weight is 387 g/mol. The fourth-order valence-electron chi connectivity index (χ4n) is 2.50. The maximum absolute atomic E-state index is 12.3. The van der Waals surface area contributed by atoms with E-state index < -0.39 is 5.97 Å². The molecule has 7 heteroatoms. The van der Waals surface area contributed by atoms with Crippen LogP contribution in [0.2, 0.25) is 0 Å². The van der Waals surface area contributed by atoms with E-state index in [0.717, 1.165) is 11.3 Å². The number of rotatable bonds is 9. The first-order valence-electron chi connectivity index (χ1n) is 8.83. The molecule has 7 nitrogen and oxygen atoms in total. The summed E-state index contributed by atoms with van der Waals surface area (Å²) in [6.07, 6.45) is 0. The molecule has 1 amide bonds. The lowest BCUT2D eigenvalue weighted by Crippen LogP contribution is -2.30. The monoisotopic (exact) mass is 387 g/mol. The molecular formula is C21H25NO6. The molecule has 0 unspecified atom stereocenters. The second-order valence-electron chi connectivity index (χ2n) is 5.97. The molecule has 0 N–H and O–H groups in total. The van der Waals surface area contributed by atoms with E-state index in [0.29, 0.717) is 24.7 Å². The summed E-state index contributed by atoms with van der Waals surface area (Å²) < 4.78 is 20.8. The number of hydrogen-bond acceptors (Lipinski definition) is 6. The van der Waals surface area contributed by atoms with Gasteiger partial charge in [-0.3, -0.25) is 4.79 Å². The topological polar surface area (TPSA) is 74.3 Å². The highest BCUT2D eigenvalue weighted by Gasteiger charge is 2.18. The van der Waals surface area contributed by atoms with Crippen LogP contribution in [-0.2, 0) is 16.1 Å². The van der Waals surface area contributed by atoms with E-state index in [2.05, 4.69) is 0 Å². The third kappa shape index (κ3) is 5.64. The molecular weight excluding hydrogens is 362 g/mol. The van der Waals surface area contributed by atoms with Crippen LogP contribution >= 0.6 is 0 Å². The van der Waals surface area contributed by atoms with Crippen molar-refractivity contribution in [2.75, 3.05) is 34.5 Å². The number of nitrogens with zero attached hydrogens (tertiary/aromatic N) is 1. The Morgan fingerprint density at radius 3 is 2.25 bits per heavy atom. The molecule has 0 heterocycles. The van der Waals surface area contributed by atoms with Crippen LogP contribution in [0.25, 0.3) is 0 Å². The Kier molecular flexibility index (Phi) is 7.68. The summed E-state index contributed by atoms with van der Waals surface area (Å²) in [5.74, 6) is 0.707. The van der Waals surface area contributed by atoms with E-state index >= 15 is 0 Å². The van der Waals surface area contributed by atoms with Crippen molar-refractivity contribution in [2.45, 2.75) is 13.5 Å². The number of amides is 1. The van der Waals surface area contributed by atoms with Crippen molar-refractivity contribution in [1.29, 1.82) is 0 Å². The highest BCUT2D eigenvalue weighted by Crippen LogP contribution is 2.25. The number of ether oxygens (including phenoxy) is 4. The van der Waals surface area contributed by atoms with Gasteiger partial charge in [-0.05, 0) is 36.8 Å². The Bertz CT molecular complexity index is 803. The van der Waals surface area contributed by atoms with E-state index in [9.17, 15) is 9.59 Å². The first-order chi connectivity index (χ1) is 13.5. The molecule has 0 aliphatic carbocycles. The molecule has 0 saturated heterocycles. The average Bonchev–Trinajstić information content (AvgIpc) is 2.72. The molecule has 0 fully saturated rings. The molecule has 2 aromatic carbocycles. The minimum absolute atomic E-state index is 0.227. The normalized spacial score (nSPS) is 10.1. The van der Waals surface area contributed by atoms with Crippen molar-refractivity contribution >= 4 is 11.9 Å². The molecule has 0 saturated carbocycles. The van der Waals surface area contributed by atoms with Crippen molar-refractivity contribution in [3.05, 3.63) is 53.6 Å². The van der Waals surface area contributed by atoms with E-state index in [-0.39, 0.29) is 18.1 Å². The Morgan fingerprint density at radius 2 is 1.64 bits per heavy atom. The van der Waals surface area contributed by atoms with Crippen molar-refractivity contribution in [3.8, 4) is 17.2 Å². The van der Waals surface area contributed by atoms with Crippen LogP contribution in [0.1, 0.15) is 22.8 Å². The lowest BCUT2D eigenvalue weighted by Gasteiger charge is -2.18. The minimum Gasteiger partial charge on any atom is -0.497 e. The predicted octanol–water partition coefficient (Wildman–Crippen LogP) is 2.92. The fourth-order valence-corrected chi connectivity index (χ4v) is 2.50. The van der Waals surface area contributed by atoms with Gasteiger partial charge in [0.15, 0.2) is 6.61 Å². The standard InChI is InChI=1S/C21H25NO6/c1-5-27-16-8-6-15(7-9-16)13-22(2)20(23)14-28-21(24)18-11-10-17(25-3)12-19(18)26-4/h6-12H,5,13-14H2,1-4H3. The lowest BCUT2D eigenvalue weighted by atomic mass is 10.2. The number of carbonyl (C=O) groups is 2. The second-order valence-corrected chi connectivity index (χ2v) is 5.97. The van der Waals surface area contributed by atoms with Crippen LogP contribution in [0.15, 0.2) is 42.5 Å². The predicted molar refractivity (Wildman–Crippen MR) is 104 cm³/mol. The van der Waals surface area contributed by atoms with Gasteiger partial charge in [-0.15, -0.1) is 0 Å². The van der Waals surface area contributed by atoms with Gasteiger partial charge in [0, 0.05) is 19.7 Å². The molecule has 0 atom stereocenters. The second kappa shape index (κ2) is 10.2. The van der Waals surface area contributed by atoms with Gasteiger partial charge < -0.3 is 23.8 Å². The zero-order valence-electron chi connectivity index (χ0n) is 16.6. The molecule has 28 heavy (non-hydrogen) atoms. The highest BCUT2D eigenvalue weighted by atomic mass is 16.5. The number of hydrogen-bond donors (Lipinski definition) is 0. The Morgan fingerprint density at radius 1 is 0.964 bits per heavy atom. The number of benzene rings is 2. The molecule has 0 spiro atoms. The summed E-state index contributed by atoms with van der Waals surface area (Å²) >= 11 is 0. The van der Waals surface area contributed by atoms with Crippen molar-refractivity contribution in [1.82, 2.24) is 4.90 Å². The van der Waals surface area contributed by atoms with Crippen LogP contribution in [0.5, 0.6) is 17.2 Å². The maximum atomic E-state index is 12.3. The highest BCUT2D eigenvalue weighted by molar-refractivity contribution is 5.94. The Balaban J connectivity index is 1.91. The number of esters is 1. The van der Waals surface area contributed by atoms with Gasteiger partial charge in [-0.1, -0.05) is 12.1 Å². The minimum atomic E-state index is -0.637. The van der Waals surface area contributed by atoms with Crippen LogP contribution in [0.4, 0.5) is 0 Å². The van der Waals surface area contributed by atoms with Crippen LogP contribution in [0.3, 0.4) is 0 Å². The van der Waals surface area contributed by atoms with Gasteiger partial charge in [0.1, 0.15) is 22.8 Å². The quantitative estimate of drug-likeness (QED) is 0.616. The van der Waals surface area contributed by atoms with Gasteiger partial charge in [0.2, 0.25) is 0 Å². The molecule has 0 radical (unpaired) electrons. The van der Waals surface area contributed by atoms with E-state index in [1.54, 1.807) is 19.2 Å². The van der Waals surface area contributed by atoms with Crippen molar-refractivity contribution < 1.29 is 28.5 Å². The van der Waals surface area contributed by atoms with Crippen molar-refractivity contribution in [3.63, 3.8) is 0 Å². The smallest absolute Gasteiger partial charge is 0.342 e. The molecule has 0 bridgehead atoms.